The van der Waals surface area contributed by atoms with Crippen LogP contribution in [0.25, 0.3) is 0 Å². The molecule has 0 aliphatic heterocycles. The molecule has 0 N–H and O–H groups in total. The Balaban J connectivity index is 2.99. The third-order valence-electron chi connectivity index (χ3n) is 3.45. The van der Waals surface area contributed by atoms with Gasteiger partial charge in [-0.2, -0.15) is 0 Å². The Bertz CT molecular complexity index is 228. The predicted octanol–water partition coefficient (Wildman–Crippen LogP) is 3.79. The van der Waals surface area contributed by atoms with Gasteiger partial charge in [-0.1, -0.05) is 0 Å². The summed E-state index contributed by atoms with van der Waals surface area (Å²) in [7, 11) is -1.15. The van der Waals surface area contributed by atoms with Crippen molar-refractivity contribution in [2.24, 2.45) is 0 Å². The monoisotopic (exact) mass is 237 g/mol. The third kappa shape index (κ3) is 1.99. The molecular formula is C11H19NiSi. The molecule has 77 valence electrons. The molecule has 0 saturated carbocycles. The quantitative estimate of drug-likeness (QED) is 0.653. The fourth-order valence-corrected chi connectivity index (χ4v) is 6.98. The molecule has 0 aromatic carbocycles. The summed E-state index contributed by atoms with van der Waals surface area (Å²) in [5, 5.41) is 1.60. The minimum atomic E-state index is -1.15. The Morgan fingerprint density at radius 2 is 1.77 bits per heavy atom. The summed E-state index contributed by atoms with van der Waals surface area (Å²) in [4.78, 5) is 0. The summed E-state index contributed by atoms with van der Waals surface area (Å²) in [5.41, 5.74) is 0. The molecule has 2 heteroatoms. The molecular weight excluding hydrogens is 219 g/mol. The van der Waals surface area contributed by atoms with E-state index in [1.807, 2.05) is 0 Å². The van der Waals surface area contributed by atoms with Crippen molar-refractivity contribution in [2.45, 2.75) is 45.3 Å². The standard InChI is InChI=1S/C11H19Si.Ni/c1-4-12(5-2,6-3)11-9-7-8-10-11;/h7,9H,4-6,8H2,1-3H3;. The molecule has 0 fully saturated rings. The van der Waals surface area contributed by atoms with E-state index in [-0.39, 0.29) is 0 Å². The van der Waals surface area contributed by atoms with E-state index in [1.165, 1.54) is 22.7 Å². The molecule has 0 heterocycles. The summed E-state index contributed by atoms with van der Waals surface area (Å²) >= 11 is 5.11. The second-order valence-corrected chi connectivity index (χ2v) is 9.55. The van der Waals surface area contributed by atoms with Gasteiger partial charge in [-0.05, 0) is 0 Å². The summed E-state index contributed by atoms with van der Waals surface area (Å²) in [6.45, 7) is 7.02. The normalized spacial score (nSPS) is 17.3. The number of hydrogen-bond donors (Lipinski definition) is 0. The molecule has 0 nitrogen and oxygen atoms in total. The maximum absolute atomic E-state index is 5.11. The first-order chi connectivity index (χ1) is 6.20. The van der Waals surface area contributed by atoms with E-state index >= 15 is 0 Å². The van der Waals surface area contributed by atoms with E-state index in [1.54, 1.807) is 5.20 Å². The maximum atomic E-state index is 5.11. The first-order valence-corrected chi connectivity index (χ1v) is 8.34. The van der Waals surface area contributed by atoms with Crippen LogP contribution in [-0.2, 0) is 15.5 Å². The van der Waals surface area contributed by atoms with E-state index in [0.717, 1.165) is 6.42 Å². The summed E-state index contributed by atoms with van der Waals surface area (Å²) in [5.74, 6) is 0. The van der Waals surface area contributed by atoms with Gasteiger partial charge in [0.25, 0.3) is 0 Å². The molecule has 1 aliphatic carbocycles. The molecule has 0 saturated heterocycles. The van der Waals surface area contributed by atoms with Crippen LogP contribution >= 0.6 is 0 Å². The van der Waals surface area contributed by atoms with E-state index < -0.39 is 8.07 Å². The summed E-state index contributed by atoms with van der Waals surface area (Å²) in [6.07, 6.45) is 5.61. The molecule has 0 amide bonds. The van der Waals surface area contributed by atoms with Crippen LogP contribution in [0.2, 0.25) is 18.1 Å². The Kier molecular flexibility index (Phi) is 4.00. The van der Waals surface area contributed by atoms with Crippen LogP contribution in [0, 0.1) is 0 Å². The zero-order chi connectivity index (χ0) is 9.90. The minimum absolute atomic E-state index is 1.05. The molecule has 1 rings (SSSR count). The van der Waals surface area contributed by atoms with Gasteiger partial charge in [-0.3, -0.25) is 0 Å². The molecule has 13 heavy (non-hydrogen) atoms. The summed E-state index contributed by atoms with van der Waals surface area (Å²) < 4.78 is 1.28. The van der Waals surface area contributed by atoms with Crippen molar-refractivity contribution in [3.05, 3.63) is 21.9 Å². The molecule has 1 aliphatic rings. The van der Waals surface area contributed by atoms with Crippen molar-refractivity contribution in [1.82, 2.24) is 0 Å². The number of allylic oxidation sites excluding steroid dienone is 4. The van der Waals surface area contributed by atoms with Crippen molar-refractivity contribution in [2.75, 3.05) is 0 Å². The van der Waals surface area contributed by atoms with Gasteiger partial charge < -0.3 is 0 Å². The van der Waals surface area contributed by atoms with Crippen LogP contribution < -0.4 is 0 Å². The molecule has 0 radical (unpaired) electrons. The zero-order valence-electron chi connectivity index (χ0n) is 8.80. The van der Waals surface area contributed by atoms with Crippen molar-refractivity contribution in [3.8, 4) is 0 Å². The number of hydrogen-bond acceptors (Lipinski definition) is 0. The summed E-state index contributed by atoms with van der Waals surface area (Å²) in [6, 6.07) is 4.06. The topological polar surface area (TPSA) is 0 Å². The van der Waals surface area contributed by atoms with Crippen LogP contribution in [0.1, 0.15) is 27.2 Å². The Hall–Kier alpha value is 0.190. The van der Waals surface area contributed by atoms with E-state index in [0.29, 0.717) is 0 Å². The Labute approximate surface area is 90.9 Å². The molecule has 0 aromatic rings. The third-order valence-corrected chi connectivity index (χ3v) is 9.79. The first-order valence-electron chi connectivity index (χ1n) is 5.22. The van der Waals surface area contributed by atoms with Gasteiger partial charge >= 0.3 is 90.8 Å². The van der Waals surface area contributed by atoms with Gasteiger partial charge in [0.1, 0.15) is 0 Å². The van der Waals surface area contributed by atoms with Crippen LogP contribution in [0.5, 0.6) is 0 Å². The van der Waals surface area contributed by atoms with Gasteiger partial charge in [-0.15, -0.1) is 0 Å². The van der Waals surface area contributed by atoms with Gasteiger partial charge in [0.2, 0.25) is 0 Å². The van der Waals surface area contributed by atoms with E-state index in [4.69, 9.17) is 15.5 Å². The van der Waals surface area contributed by atoms with Gasteiger partial charge in [0, 0.05) is 0 Å². The average Bonchev–Trinajstić information content (AvgIpc) is 2.57. The van der Waals surface area contributed by atoms with Crippen LogP contribution in [-0.4, -0.2) is 8.07 Å². The van der Waals surface area contributed by atoms with Crippen LogP contribution in [0.15, 0.2) is 21.9 Å². The second-order valence-electron chi connectivity index (χ2n) is 3.73. The molecule has 0 unspecified atom stereocenters. The van der Waals surface area contributed by atoms with Gasteiger partial charge in [-0.25, -0.2) is 0 Å². The van der Waals surface area contributed by atoms with Crippen molar-refractivity contribution in [3.63, 3.8) is 0 Å². The van der Waals surface area contributed by atoms with Crippen molar-refractivity contribution < 1.29 is 15.5 Å². The van der Waals surface area contributed by atoms with E-state index in [2.05, 4.69) is 32.9 Å². The number of rotatable bonds is 4. The van der Waals surface area contributed by atoms with Crippen molar-refractivity contribution >= 4 is 8.07 Å². The fourth-order valence-electron chi connectivity index (χ4n) is 2.24. The average molecular weight is 238 g/mol. The SMILES string of the molecule is CC[Si](CC)(CC)C1=[C]([Ni])CC=C1. The Morgan fingerprint density at radius 3 is 2.08 bits per heavy atom. The molecule has 0 spiro atoms. The zero-order valence-corrected chi connectivity index (χ0v) is 10.8. The van der Waals surface area contributed by atoms with Gasteiger partial charge in [0.05, 0.1) is 0 Å². The predicted molar refractivity (Wildman–Crippen MR) is 58.0 cm³/mol. The molecule has 0 aromatic heterocycles. The second kappa shape index (κ2) is 4.61. The van der Waals surface area contributed by atoms with Crippen molar-refractivity contribution in [1.29, 1.82) is 0 Å². The molecule has 0 atom stereocenters. The molecule has 0 bridgehead atoms. The van der Waals surface area contributed by atoms with Crippen LogP contribution in [0.4, 0.5) is 0 Å². The van der Waals surface area contributed by atoms with Crippen LogP contribution in [0.3, 0.4) is 0 Å². The Morgan fingerprint density at radius 1 is 1.23 bits per heavy atom. The van der Waals surface area contributed by atoms with Gasteiger partial charge in [0.15, 0.2) is 0 Å². The fraction of sp³-hybridized carbons (Fsp3) is 0.636. The van der Waals surface area contributed by atoms with E-state index in [9.17, 15) is 0 Å². The first kappa shape index (κ1) is 11.3.